The summed E-state index contributed by atoms with van der Waals surface area (Å²) in [6.45, 7) is 3.25. The Labute approximate surface area is 130 Å². The minimum Gasteiger partial charge on any atom is -0.454 e. The van der Waals surface area contributed by atoms with Gasteiger partial charge in [0.2, 0.25) is 6.79 Å². The predicted molar refractivity (Wildman–Crippen MR) is 87.7 cm³/mol. The van der Waals surface area contributed by atoms with E-state index in [9.17, 15) is 4.79 Å². The monoisotopic (exact) mass is 301 g/mol. The van der Waals surface area contributed by atoms with Crippen molar-refractivity contribution in [2.75, 3.05) is 6.79 Å². The van der Waals surface area contributed by atoms with Gasteiger partial charge in [-0.1, -0.05) is 39.0 Å². The number of hydrogen-bond donors (Lipinski definition) is 0. The average molecular weight is 301 g/mol. The lowest BCUT2D eigenvalue weighted by atomic mass is 10.1. The van der Waals surface area contributed by atoms with Gasteiger partial charge >= 0.3 is 0 Å². The van der Waals surface area contributed by atoms with E-state index in [1.807, 2.05) is 22.8 Å². The minimum atomic E-state index is 0.0555. The third-order valence-corrected chi connectivity index (χ3v) is 4.22. The lowest BCUT2D eigenvalue weighted by Crippen LogP contribution is -2.19. The molecule has 0 bridgehead atoms. The van der Waals surface area contributed by atoms with E-state index in [0.717, 1.165) is 35.4 Å². The molecule has 0 unspecified atom stereocenters. The van der Waals surface area contributed by atoms with Crippen LogP contribution in [-0.4, -0.2) is 11.4 Å². The Morgan fingerprint density at radius 2 is 1.73 bits per heavy atom. The van der Waals surface area contributed by atoms with Crippen molar-refractivity contribution in [3.8, 4) is 11.5 Å². The van der Waals surface area contributed by atoms with Crippen molar-refractivity contribution in [2.24, 2.45) is 0 Å². The van der Waals surface area contributed by atoms with E-state index in [2.05, 4.69) is 6.92 Å². The van der Waals surface area contributed by atoms with Gasteiger partial charge in [0.25, 0.3) is 5.56 Å². The maximum Gasteiger partial charge on any atom is 0.251 e. The van der Waals surface area contributed by atoms with Crippen LogP contribution < -0.4 is 15.0 Å². The van der Waals surface area contributed by atoms with E-state index in [-0.39, 0.29) is 12.4 Å². The van der Waals surface area contributed by atoms with Gasteiger partial charge in [-0.2, -0.15) is 0 Å². The molecule has 0 spiro atoms. The molecule has 0 atom stereocenters. The molecular weight excluding hydrogens is 278 g/mol. The van der Waals surface area contributed by atoms with Crippen molar-refractivity contribution in [3.63, 3.8) is 0 Å². The molecule has 1 aliphatic heterocycles. The smallest absolute Gasteiger partial charge is 0.251 e. The molecule has 4 nitrogen and oxygen atoms in total. The Balaban J connectivity index is 1.76. The fourth-order valence-electron chi connectivity index (χ4n) is 2.96. The zero-order chi connectivity index (χ0) is 15.4. The van der Waals surface area contributed by atoms with Crippen LogP contribution in [0.1, 0.15) is 45.4 Å². The summed E-state index contributed by atoms with van der Waals surface area (Å²) in [5.74, 6) is 1.49. The Bertz CT molecular complexity index is 705. The number of hydrogen-bond acceptors (Lipinski definition) is 3. The average Bonchev–Trinajstić information content (AvgIpc) is 2.98. The summed E-state index contributed by atoms with van der Waals surface area (Å²) in [5.41, 5.74) is 0.991. The van der Waals surface area contributed by atoms with Crippen LogP contribution in [-0.2, 0) is 6.54 Å². The van der Waals surface area contributed by atoms with Crippen LogP contribution >= 0.6 is 0 Å². The highest BCUT2D eigenvalue weighted by molar-refractivity contribution is 5.83. The maximum atomic E-state index is 12.2. The zero-order valence-electron chi connectivity index (χ0n) is 13.1. The number of nitrogens with zero attached hydrogens (tertiary/aromatic N) is 1. The molecule has 2 aromatic rings. The summed E-state index contributed by atoms with van der Waals surface area (Å²) >= 11 is 0. The van der Waals surface area contributed by atoms with Crippen LogP contribution in [0.3, 0.4) is 0 Å². The van der Waals surface area contributed by atoms with Gasteiger partial charge in [0.15, 0.2) is 11.5 Å². The number of ether oxygens (including phenoxy) is 2. The molecule has 1 aromatic carbocycles. The zero-order valence-corrected chi connectivity index (χ0v) is 13.1. The summed E-state index contributed by atoms with van der Waals surface area (Å²) in [4.78, 5) is 12.2. The molecule has 118 valence electrons. The standard InChI is InChI=1S/C18H23NO3/c1-2-3-4-5-6-7-10-19-15-12-17-16(21-13-22-17)11-14(15)8-9-18(19)20/h8-9,11-12H,2-7,10,13H2,1H3. The van der Waals surface area contributed by atoms with Gasteiger partial charge < -0.3 is 14.0 Å². The topological polar surface area (TPSA) is 40.5 Å². The quantitative estimate of drug-likeness (QED) is 0.723. The van der Waals surface area contributed by atoms with Crippen LogP contribution in [0.5, 0.6) is 11.5 Å². The Hall–Kier alpha value is -1.97. The third-order valence-electron chi connectivity index (χ3n) is 4.22. The van der Waals surface area contributed by atoms with Gasteiger partial charge in [0.05, 0.1) is 5.52 Å². The van der Waals surface area contributed by atoms with Crippen molar-refractivity contribution in [3.05, 3.63) is 34.6 Å². The molecule has 4 heteroatoms. The molecule has 1 aromatic heterocycles. The van der Waals surface area contributed by atoms with Crippen LogP contribution in [0.4, 0.5) is 0 Å². The summed E-state index contributed by atoms with van der Waals surface area (Å²) in [5, 5.41) is 1.02. The number of fused-ring (bicyclic) bond motifs is 2. The molecular formula is C18H23NO3. The lowest BCUT2D eigenvalue weighted by Gasteiger charge is -2.11. The second-order valence-electron chi connectivity index (χ2n) is 5.86. The lowest BCUT2D eigenvalue weighted by molar-refractivity contribution is 0.174. The minimum absolute atomic E-state index is 0.0555. The van der Waals surface area contributed by atoms with E-state index >= 15 is 0 Å². The first-order valence-electron chi connectivity index (χ1n) is 8.23. The third kappa shape index (κ3) is 3.11. The van der Waals surface area contributed by atoms with Crippen LogP contribution in [0.2, 0.25) is 0 Å². The van der Waals surface area contributed by atoms with Crippen LogP contribution in [0, 0.1) is 0 Å². The Morgan fingerprint density at radius 1 is 1.00 bits per heavy atom. The van der Waals surface area contributed by atoms with Gasteiger partial charge in [0, 0.05) is 24.1 Å². The van der Waals surface area contributed by atoms with E-state index in [1.165, 1.54) is 32.1 Å². The van der Waals surface area contributed by atoms with Crippen LogP contribution in [0.25, 0.3) is 10.9 Å². The molecule has 0 radical (unpaired) electrons. The van der Waals surface area contributed by atoms with Crippen molar-refractivity contribution < 1.29 is 9.47 Å². The largest absolute Gasteiger partial charge is 0.454 e. The van der Waals surface area contributed by atoms with E-state index in [4.69, 9.17) is 9.47 Å². The molecule has 0 aliphatic carbocycles. The Kier molecular flexibility index (Phi) is 4.66. The summed E-state index contributed by atoms with van der Waals surface area (Å²) in [6.07, 6.45) is 7.32. The highest BCUT2D eigenvalue weighted by Gasteiger charge is 2.15. The molecule has 22 heavy (non-hydrogen) atoms. The van der Waals surface area contributed by atoms with Gasteiger partial charge in [-0.05, 0) is 18.6 Å². The molecule has 0 amide bonds. The van der Waals surface area contributed by atoms with Gasteiger partial charge in [-0.25, -0.2) is 0 Å². The Morgan fingerprint density at radius 3 is 2.55 bits per heavy atom. The maximum absolute atomic E-state index is 12.2. The first-order chi connectivity index (χ1) is 10.8. The molecule has 3 rings (SSSR count). The number of aryl methyl sites for hydroxylation is 1. The fraction of sp³-hybridized carbons (Fsp3) is 0.500. The van der Waals surface area contributed by atoms with E-state index < -0.39 is 0 Å². The number of benzene rings is 1. The van der Waals surface area contributed by atoms with E-state index in [1.54, 1.807) is 6.07 Å². The summed E-state index contributed by atoms with van der Waals surface area (Å²) < 4.78 is 12.7. The molecule has 0 saturated heterocycles. The van der Waals surface area contributed by atoms with Crippen molar-refractivity contribution >= 4 is 10.9 Å². The fourth-order valence-corrected chi connectivity index (χ4v) is 2.96. The number of unbranched alkanes of at least 4 members (excludes halogenated alkanes) is 5. The molecule has 2 heterocycles. The second-order valence-corrected chi connectivity index (χ2v) is 5.86. The number of aromatic nitrogens is 1. The first-order valence-corrected chi connectivity index (χ1v) is 8.23. The predicted octanol–water partition coefficient (Wildman–Crippen LogP) is 4.09. The van der Waals surface area contributed by atoms with Gasteiger partial charge in [0.1, 0.15) is 0 Å². The van der Waals surface area contributed by atoms with Crippen LogP contribution in [0.15, 0.2) is 29.1 Å². The van der Waals surface area contributed by atoms with E-state index in [0.29, 0.717) is 0 Å². The first kappa shape index (κ1) is 14.9. The van der Waals surface area contributed by atoms with Crippen molar-refractivity contribution in [1.82, 2.24) is 4.57 Å². The second kappa shape index (κ2) is 6.86. The van der Waals surface area contributed by atoms with Crippen molar-refractivity contribution in [2.45, 2.75) is 52.0 Å². The number of rotatable bonds is 7. The molecule has 0 fully saturated rings. The normalized spacial score (nSPS) is 13.0. The molecule has 0 saturated carbocycles. The highest BCUT2D eigenvalue weighted by Crippen LogP contribution is 2.35. The van der Waals surface area contributed by atoms with Gasteiger partial charge in [-0.15, -0.1) is 0 Å². The summed E-state index contributed by atoms with van der Waals surface area (Å²) in [6, 6.07) is 7.38. The summed E-state index contributed by atoms with van der Waals surface area (Å²) in [7, 11) is 0. The molecule has 0 N–H and O–H groups in total. The molecule has 1 aliphatic rings. The highest BCUT2D eigenvalue weighted by atomic mass is 16.7. The SMILES string of the molecule is CCCCCCCCn1c(=O)ccc2cc3c(cc21)OCO3. The van der Waals surface area contributed by atoms with Crippen molar-refractivity contribution in [1.29, 1.82) is 0 Å². The van der Waals surface area contributed by atoms with Gasteiger partial charge in [-0.3, -0.25) is 4.79 Å². The number of pyridine rings is 1.